The molecule has 12 heavy (non-hydrogen) atoms. The molecule has 0 aromatic carbocycles. The minimum atomic E-state index is -0.0482. The van der Waals surface area contributed by atoms with Gasteiger partial charge in [-0.3, -0.25) is 0 Å². The molecule has 1 fully saturated rings. The zero-order chi connectivity index (χ0) is 8.82. The molecule has 1 atom stereocenters. The Balaban J connectivity index is 2.15. The number of nitrogens with two attached hydrogens (primary N) is 1. The topological polar surface area (TPSA) is 35.2 Å². The van der Waals surface area contributed by atoms with Gasteiger partial charge in [-0.1, -0.05) is 13.8 Å². The zero-order valence-electron chi connectivity index (χ0n) is 7.89. The molecule has 2 nitrogen and oxygen atoms in total. The van der Waals surface area contributed by atoms with Crippen LogP contribution >= 0.6 is 0 Å². The standard InChI is InChI=1S/C10H17NO/c1-9(2)7-10(9,11)8-4-3-5-12-6-8/h6H,3-5,7,11H2,1-2H3. The molecule has 2 N–H and O–H groups in total. The van der Waals surface area contributed by atoms with Crippen LogP contribution in [0.3, 0.4) is 0 Å². The summed E-state index contributed by atoms with van der Waals surface area (Å²) in [6.45, 7) is 5.31. The maximum Gasteiger partial charge on any atom is 0.0876 e. The molecule has 1 aliphatic carbocycles. The molecule has 2 heteroatoms. The van der Waals surface area contributed by atoms with Crippen LogP contribution in [-0.2, 0) is 4.74 Å². The van der Waals surface area contributed by atoms with Gasteiger partial charge in [0.15, 0.2) is 0 Å². The van der Waals surface area contributed by atoms with Gasteiger partial charge in [0.25, 0.3) is 0 Å². The van der Waals surface area contributed by atoms with Crippen molar-refractivity contribution >= 4 is 0 Å². The van der Waals surface area contributed by atoms with E-state index in [9.17, 15) is 0 Å². The lowest BCUT2D eigenvalue weighted by Crippen LogP contribution is -2.32. The van der Waals surface area contributed by atoms with Crippen LogP contribution in [0.25, 0.3) is 0 Å². The Bertz CT molecular complexity index is 232. The van der Waals surface area contributed by atoms with Gasteiger partial charge in [0, 0.05) is 5.54 Å². The maximum atomic E-state index is 6.25. The lowest BCUT2D eigenvalue weighted by Gasteiger charge is -2.22. The Morgan fingerprint density at radius 1 is 1.50 bits per heavy atom. The van der Waals surface area contributed by atoms with Crippen LogP contribution in [0.1, 0.15) is 33.1 Å². The number of hydrogen-bond acceptors (Lipinski definition) is 2. The van der Waals surface area contributed by atoms with Gasteiger partial charge in [0.05, 0.1) is 12.9 Å². The average molecular weight is 167 g/mol. The van der Waals surface area contributed by atoms with Crippen molar-refractivity contribution in [1.29, 1.82) is 0 Å². The fourth-order valence-corrected chi connectivity index (χ4v) is 2.09. The Morgan fingerprint density at radius 3 is 2.58 bits per heavy atom. The Labute approximate surface area is 73.8 Å². The molecule has 1 unspecified atom stereocenters. The third-order valence-electron chi connectivity index (χ3n) is 3.31. The molecule has 0 aromatic rings. The van der Waals surface area contributed by atoms with Gasteiger partial charge in [-0.2, -0.15) is 0 Å². The normalized spacial score (nSPS) is 38.4. The molecular formula is C10H17NO. The van der Waals surface area contributed by atoms with Crippen LogP contribution in [-0.4, -0.2) is 12.1 Å². The quantitative estimate of drug-likeness (QED) is 0.646. The molecule has 0 aromatic heterocycles. The molecule has 0 radical (unpaired) electrons. The van der Waals surface area contributed by atoms with Crippen LogP contribution in [0.15, 0.2) is 11.8 Å². The van der Waals surface area contributed by atoms with E-state index in [4.69, 9.17) is 10.5 Å². The summed E-state index contributed by atoms with van der Waals surface area (Å²) in [5, 5.41) is 0. The molecule has 1 saturated carbocycles. The number of ether oxygens (including phenoxy) is 1. The van der Waals surface area contributed by atoms with E-state index in [2.05, 4.69) is 13.8 Å². The molecule has 0 saturated heterocycles. The first-order valence-electron chi connectivity index (χ1n) is 4.66. The lowest BCUT2D eigenvalue weighted by molar-refractivity contribution is 0.218. The highest BCUT2D eigenvalue weighted by Crippen LogP contribution is 2.58. The van der Waals surface area contributed by atoms with Crippen molar-refractivity contribution < 1.29 is 4.74 Å². The van der Waals surface area contributed by atoms with Crippen molar-refractivity contribution in [1.82, 2.24) is 0 Å². The smallest absolute Gasteiger partial charge is 0.0876 e. The van der Waals surface area contributed by atoms with Crippen molar-refractivity contribution in [2.24, 2.45) is 11.1 Å². The molecule has 0 spiro atoms. The third-order valence-corrected chi connectivity index (χ3v) is 3.31. The summed E-state index contributed by atoms with van der Waals surface area (Å²) >= 11 is 0. The van der Waals surface area contributed by atoms with Gasteiger partial charge >= 0.3 is 0 Å². The summed E-state index contributed by atoms with van der Waals surface area (Å²) in [6.07, 6.45) is 5.24. The minimum Gasteiger partial charge on any atom is -0.501 e. The van der Waals surface area contributed by atoms with Crippen molar-refractivity contribution in [3.05, 3.63) is 11.8 Å². The zero-order valence-corrected chi connectivity index (χ0v) is 7.89. The Hall–Kier alpha value is -0.500. The van der Waals surface area contributed by atoms with Gasteiger partial charge in [-0.05, 0) is 30.3 Å². The summed E-state index contributed by atoms with van der Waals surface area (Å²) in [5.74, 6) is 0. The number of rotatable bonds is 1. The highest BCUT2D eigenvalue weighted by Gasteiger charge is 2.60. The third kappa shape index (κ3) is 0.977. The molecule has 1 heterocycles. The van der Waals surface area contributed by atoms with E-state index >= 15 is 0 Å². The van der Waals surface area contributed by atoms with Gasteiger partial charge in [0.1, 0.15) is 0 Å². The minimum absolute atomic E-state index is 0.0482. The molecule has 2 rings (SSSR count). The van der Waals surface area contributed by atoms with Crippen molar-refractivity contribution in [2.75, 3.05) is 6.61 Å². The average Bonchev–Trinajstić information content (AvgIpc) is 2.55. The maximum absolute atomic E-state index is 6.25. The predicted octanol–water partition coefficient (Wildman–Crippen LogP) is 1.81. The van der Waals surface area contributed by atoms with Gasteiger partial charge < -0.3 is 10.5 Å². The lowest BCUT2D eigenvalue weighted by atomic mass is 9.94. The largest absolute Gasteiger partial charge is 0.501 e. The van der Waals surface area contributed by atoms with E-state index in [0.29, 0.717) is 5.41 Å². The second kappa shape index (κ2) is 2.25. The van der Waals surface area contributed by atoms with E-state index in [0.717, 1.165) is 25.9 Å². The first kappa shape index (κ1) is 8.11. The van der Waals surface area contributed by atoms with Crippen molar-refractivity contribution in [3.8, 4) is 0 Å². The molecule has 0 bridgehead atoms. The van der Waals surface area contributed by atoms with Crippen LogP contribution in [0.2, 0.25) is 0 Å². The fourth-order valence-electron chi connectivity index (χ4n) is 2.09. The van der Waals surface area contributed by atoms with E-state index in [1.807, 2.05) is 6.26 Å². The molecular weight excluding hydrogens is 150 g/mol. The van der Waals surface area contributed by atoms with Crippen LogP contribution in [0.5, 0.6) is 0 Å². The van der Waals surface area contributed by atoms with Gasteiger partial charge in [-0.25, -0.2) is 0 Å². The second-order valence-corrected chi connectivity index (χ2v) is 4.65. The van der Waals surface area contributed by atoms with E-state index in [1.165, 1.54) is 5.57 Å². The van der Waals surface area contributed by atoms with E-state index in [1.54, 1.807) is 0 Å². The summed E-state index contributed by atoms with van der Waals surface area (Å²) in [7, 11) is 0. The molecule has 1 aliphatic heterocycles. The van der Waals surface area contributed by atoms with Gasteiger partial charge in [0.2, 0.25) is 0 Å². The van der Waals surface area contributed by atoms with Crippen molar-refractivity contribution in [2.45, 2.75) is 38.6 Å². The monoisotopic (exact) mass is 167 g/mol. The fraction of sp³-hybridized carbons (Fsp3) is 0.800. The summed E-state index contributed by atoms with van der Waals surface area (Å²) in [4.78, 5) is 0. The van der Waals surface area contributed by atoms with E-state index < -0.39 is 0 Å². The number of hydrogen-bond donors (Lipinski definition) is 1. The Morgan fingerprint density at radius 2 is 2.17 bits per heavy atom. The summed E-state index contributed by atoms with van der Waals surface area (Å²) < 4.78 is 5.30. The van der Waals surface area contributed by atoms with Crippen LogP contribution < -0.4 is 5.73 Å². The van der Waals surface area contributed by atoms with Crippen molar-refractivity contribution in [3.63, 3.8) is 0 Å². The molecule has 68 valence electrons. The van der Waals surface area contributed by atoms with Crippen LogP contribution in [0.4, 0.5) is 0 Å². The summed E-state index contributed by atoms with van der Waals surface area (Å²) in [6, 6.07) is 0. The van der Waals surface area contributed by atoms with Crippen LogP contribution in [0, 0.1) is 5.41 Å². The SMILES string of the molecule is CC1(C)CC1(N)C1=COCCC1. The first-order valence-corrected chi connectivity index (χ1v) is 4.66. The summed E-state index contributed by atoms with van der Waals surface area (Å²) in [5.41, 5.74) is 7.81. The Kier molecular flexibility index (Phi) is 1.52. The van der Waals surface area contributed by atoms with E-state index in [-0.39, 0.29) is 5.54 Å². The molecule has 2 aliphatic rings. The highest BCUT2D eigenvalue weighted by atomic mass is 16.5. The second-order valence-electron chi connectivity index (χ2n) is 4.65. The predicted molar refractivity (Wildman–Crippen MR) is 48.6 cm³/mol. The highest BCUT2D eigenvalue weighted by molar-refractivity contribution is 5.34. The van der Waals surface area contributed by atoms with Gasteiger partial charge in [-0.15, -0.1) is 0 Å². The molecule has 0 amide bonds. The first-order chi connectivity index (χ1) is 5.56.